The van der Waals surface area contributed by atoms with Gasteiger partial charge in [0, 0.05) is 12.5 Å². The Labute approximate surface area is 202 Å². The van der Waals surface area contributed by atoms with E-state index in [-0.39, 0.29) is 12.8 Å². The van der Waals surface area contributed by atoms with Crippen LogP contribution in [0.4, 0.5) is 5.69 Å². The molecule has 0 aliphatic rings. The first-order chi connectivity index (χ1) is 16.7. The molecule has 0 aliphatic carbocycles. The minimum Gasteiger partial charge on any atom is -0.467 e. The molecular formula is C24H25N3O7S. The van der Waals surface area contributed by atoms with Gasteiger partial charge in [-0.3, -0.25) is 14.9 Å². The van der Waals surface area contributed by atoms with Crippen LogP contribution < -0.4 is 10.0 Å². The quantitative estimate of drug-likeness (QED) is 0.248. The van der Waals surface area contributed by atoms with Crippen LogP contribution >= 0.6 is 0 Å². The number of sulfonamides is 1. The number of ether oxygens (including phenoxy) is 1. The van der Waals surface area contributed by atoms with E-state index >= 15 is 0 Å². The van der Waals surface area contributed by atoms with Gasteiger partial charge in [-0.15, -0.1) is 0 Å². The number of fused-ring (bicyclic) bond motifs is 1. The topological polar surface area (TPSA) is 145 Å². The van der Waals surface area contributed by atoms with Crippen LogP contribution in [0.5, 0.6) is 0 Å². The molecule has 3 aromatic rings. The highest BCUT2D eigenvalue weighted by molar-refractivity contribution is 7.89. The maximum absolute atomic E-state index is 13.0. The fourth-order valence-electron chi connectivity index (χ4n) is 3.62. The Balaban J connectivity index is 1.80. The number of carbonyl (C=O) groups is 2. The molecule has 0 saturated heterocycles. The number of benzene rings is 3. The van der Waals surface area contributed by atoms with Crippen molar-refractivity contribution in [2.75, 3.05) is 7.11 Å². The van der Waals surface area contributed by atoms with Crippen LogP contribution in [0.3, 0.4) is 0 Å². The van der Waals surface area contributed by atoms with Gasteiger partial charge >= 0.3 is 5.97 Å². The minimum atomic E-state index is -4.41. The molecule has 2 unspecified atom stereocenters. The zero-order chi connectivity index (χ0) is 25.6. The van der Waals surface area contributed by atoms with Crippen LogP contribution in [-0.4, -0.2) is 44.4 Å². The van der Waals surface area contributed by atoms with E-state index in [1.165, 1.54) is 19.2 Å². The van der Waals surface area contributed by atoms with Gasteiger partial charge in [0.15, 0.2) is 4.90 Å². The molecule has 0 saturated carbocycles. The Bertz CT molecular complexity index is 1360. The number of para-hydroxylation sites is 1. The summed E-state index contributed by atoms with van der Waals surface area (Å²) in [6, 6.07) is 15.8. The van der Waals surface area contributed by atoms with Crippen molar-refractivity contribution < 1.29 is 27.7 Å². The van der Waals surface area contributed by atoms with E-state index in [2.05, 4.69) is 10.0 Å². The van der Waals surface area contributed by atoms with Gasteiger partial charge in [0.25, 0.3) is 5.69 Å². The average Bonchev–Trinajstić information content (AvgIpc) is 2.86. The van der Waals surface area contributed by atoms with Crippen LogP contribution in [0.15, 0.2) is 71.6 Å². The SMILES string of the molecule is CCC(NS(=O)(=O)c1ccccc1[N+](=O)[O-])C(=O)NC(Cc1ccc2ccccc2c1)C(=O)OC. The smallest absolute Gasteiger partial charge is 0.328 e. The molecule has 0 radical (unpaired) electrons. The molecule has 11 heteroatoms. The number of esters is 1. The molecule has 10 nitrogen and oxygen atoms in total. The maximum atomic E-state index is 13.0. The molecule has 0 heterocycles. The van der Waals surface area contributed by atoms with Crippen molar-refractivity contribution in [1.82, 2.24) is 10.0 Å². The molecule has 35 heavy (non-hydrogen) atoms. The van der Waals surface area contributed by atoms with Crippen molar-refractivity contribution in [3.63, 3.8) is 0 Å². The normalized spacial score (nSPS) is 13.1. The Morgan fingerprint density at radius 3 is 2.31 bits per heavy atom. The van der Waals surface area contributed by atoms with E-state index in [1.54, 1.807) is 6.92 Å². The summed E-state index contributed by atoms with van der Waals surface area (Å²) in [7, 11) is -3.21. The summed E-state index contributed by atoms with van der Waals surface area (Å²) in [5, 5.41) is 15.8. The molecule has 184 valence electrons. The highest BCUT2D eigenvalue weighted by atomic mass is 32.2. The zero-order valence-electron chi connectivity index (χ0n) is 19.1. The number of methoxy groups -OCH3 is 1. The standard InChI is InChI=1S/C24H25N3O7S/c1-3-19(26-35(32,33)22-11-7-6-10-21(22)27(30)31)23(28)25-20(24(29)34-2)15-16-12-13-17-8-4-5-9-18(17)14-16/h4-14,19-20,26H,3,15H2,1-2H3,(H,25,28). The second-order valence-electron chi connectivity index (χ2n) is 7.78. The zero-order valence-corrected chi connectivity index (χ0v) is 19.9. The monoisotopic (exact) mass is 499 g/mol. The number of nitro groups is 1. The highest BCUT2D eigenvalue weighted by Crippen LogP contribution is 2.23. The number of hydrogen-bond acceptors (Lipinski definition) is 7. The molecule has 3 aromatic carbocycles. The largest absolute Gasteiger partial charge is 0.467 e. The van der Waals surface area contributed by atoms with Gasteiger partial charge in [0.2, 0.25) is 15.9 Å². The first kappa shape index (κ1) is 25.8. The summed E-state index contributed by atoms with van der Waals surface area (Å²) in [5.74, 6) is -1.45. The molecule has 1 amide bonds. The molecular weight excluding hydrogens is 474 g/mol. The third-order valence-electron chi connectivity index (χ3n) is 5.43. The minimum absolute atomic E-state index is 0.0373. The van der Waals surface area contributed by atoms with Crippen molar-refractivity contribution >= 4 is 38.4 Å². The maximum Gasteiger partial charge on any atom is 0.328 e. The second kappa shape index (κ2) is 11.1. The van der Waals surface area contributed by atoms with Gasteiger partial charge in [-0.05, 0) is 28.8 Å². The average molecular weight is 500 g/mol. The van der Waals surface area contributed by atoms with Crippen LogP contribution in [0, 0.1) is 10.1 Å². The Morgan fingerprint density at radius 1 is 1.00 bits per heavy atom. The lowest BCUT2D eigenvalue weighted by atomic mass is 10.0. The third kappa shape index (κ3) is 6.19. The van der Waals surface area contributed by atoms with Crippen LogP contribution in [0.2, 0.25) is 0 Å². The summed E-state index contributed by atoms with van der Waals surface area (Å²) in [4.78, 5) is 35.2. The fourth-order valence-corrected chi connectivity index (χ4v) is 5.07. The summed E-state index contributed by atoms with van der Waals surface area (Å²) >= 11 is 0. The number of nitrogens with zero attached hydrogens (tertiary/aromatic N) is 1. The van der Waals surface area contributed by atoms with Crippen molar-refractivity contribution in [3.05, 3.63) is 82.4 Å². The van der Waals surface area contributed by atoms with Crippen molar-refractivity contribution in [2.24, 2.45) is 0 Å². The van der Waals surface area contributed by atoms with Gasteiger partial charge in [-0.1, -0.05) is 61.5 Å². The van der Waals surface area contributed by atoms with Gasteiger partial charge < -0.3 is 10.1 Å². The lowest BCUT2D eigenvalue weighted by Gasteiger charge is -2.21. The van der Waals surface area contributed by atoms with Gasteiger partial charge in [-0.2, -0.15) is 4.72 Å². The fraction of sp³-hybridized carbons (Fsp3) is 0.250. The number of hydrogen-bond donors (Lipinski definition) is 2. The Kier molecular flexibility index (Phi) is 8.15. The van der Waals surface area contributed by atoms with Crippen molar-refractivity contribution in [1.29, 1.82) is 0 Å². The van der Waals surface area contributed by atoms with Crippen molar-refractivity contribution in [3.8, 4) is 0 Å². The number of nitro benzene ring substituents is 1. The first-order valence-corrected chi connectivity index (χ1v) is 12.3. The van der Waals surface area contributed by atoms with E-state index in [0.29, 0.717) is 0 Å². The van der Waals surface area contributed by atoms with Crippen LogP contribution in [0.25, 0.3) is 10.8 Å². The number of amides is 1. The van der Waals surface area contributed by atoms with Crippen LogP contribution in [0.1, 0.15) is 18.9 Å². The molecule has 0 fully saturated rings. The molecule has 0 spiro atoms. The van der Waals surface area contributed by atoms with E-state index < -0.39 is 49.5 Å². The summed E-state index contributed by atoms with van der Waals surface area (Å²) in [6.07, 6.45) is 0.159. The molecule has 0 aliphatic heterocycles. The van der Waals surface area contributed by atoms with E-state index in [0.717, 1.165) is 28.5 Å². The van der Waals surface area contributed by atoms with Gasteiger partial charge in [-0.25, -0.2) is 13.2 Å². The lowest BCUT2D eigenvalue weighted by Crippen LogP contribution is -2.52. The number of rotatable bonds is 10. The summed E-state index contributed by atoms with van der Waals surface area (Å²) < 4.78 is 32.7. The van der Waals surface area contributed by atoms with Crippen molar-refractivity contribution in [2.45, 2.75) is 36.7 Å². The molecule has 0 bridgehead atoms. The summed E-state index contributed by atoms with van der Waals surface area (Å²) in [5.41, 5.74) is 0.159. The number of carbonyl (C=O) groups excluding carboxylic acids is 2. The number of nitrogens with one attached hydrogen (secondary N) is 2. The summed E-state index contributed by atoms with van der Waals surface area (Å²) in [6.45, 7) is 1.57. The van der Waals surface area contributed by atoms with E-state index in [9.17, 15) is 28.1 Å². The highest BCUT2D eigenvalue weighted by Gasteiger charge is 2.32. The van der Waals surface area contributed by atoms with Crippen LogP contribution in [-0.2, 0) is 30.8 Å². The molecule has 3 rings (SSSR count). The predicted octanol–water partition coefficient (Wildman–Crippen LogP) is 2.71. The first-order valence-electron chi connectivity index (χ1n) is 10.8. The second-order valence-corrected chi connectivity index (χ2v) is 9.46. The van der Waals surface area contributed by atoms with E-state index in [4.69, 9.17) is 4.74 Å². The molecule has 0 aromatic heterocycles. The third-order valence-corrected chi connectivity index (χ3v) is 6.95. The Morgan fingerprint density at radius 2 is 1.66 bits per heavy atom. The Hall–Kier alpha value is -3.83. The molecule has 2 N–H and O–H groups in total. The van der Waals surface area contributed by atoms with Gasteiger partial charge in [0.1, 0.15) is 12.1 Å². The van der Waals surface area contributed by atoms with Gasteiger partial charge in [0.05, 0.1) is 12.0 Å². The lowest BCUT2D eigenvalue weighted by molar-refractivity contribution is -0.387. The van der Waals surface area contributed by atoms with E-state index in [1.807, 2.05) is 42.5 Å². The predicted molar refractivity (Wildman–Crippen MR) is 129 cm³/mol. The molecule has 2 atom stereocenters.